The van der Waals surface area contributed by atoms with E-state index in [1.807, 2.05) is 18.2 Å². The molecular weight excluding hydrogens is 346 g/mol. The van der Waals surface area contributed by atoms with E-state index in [9.17, 15) is 4.79 Å². The molecule has 6 nitrogen and oxygen atoms in total. The highest BCUT2D eigenvalue weighted by Gasteiger charge is 2.26. The fourth-order valence-corrected chi connectivity index (χ4v) is 4.25. The van der Waals surface area contributed by atoms with Gasteiger partial charge in [0.15, 0.2) is 0 Å². The third kappa shape index (κ3) is 3.11. The number of hydrogen-bond acceptors (Lipinski definition) is 5. The van der Waals surface area contributed by atoms with Crippen LogP contribution < -0.4 is 0 Å². The Labute approximate surface area is 157 Å². The zero-order chi connectivity index (χ0) is 18.3. The monoisotopic (exact) mass is 369 g/mol. The number of carbonyl (C=O) groups excluding carboxylic acids is 1. The normalized spacial score (nSPS) is 15.7. The number of benzene rings is 1. The molecule has 0 saturated carbocycles. The minimum Gasteiger partial charge on any atom is -0.338 e. The van der Waals surface area contributed by atoms with Crippen molar-refractivity contribution in [1.29, 1.82) is 0 Å². The quantitative estimate of drug-likeness (QED) is 0.710. The van der Waals surface area contributed by atoms with Crippen LogP contribution in [0.5, 0.6) is 0 Å². The maximum Gasteiger partial charge on any atom is 0.267 e. The number of carbonyl (C=O) groups is 1. The summed E-state index contributed by atoms with van der Waals surface area (Å²) < 4.78 is 6.14. The minimum atomic E-state index is 0.0788. The first kappa shape index (κ1) is 17.1. The van der Waals surface area contributed by atoms with Gasteiger partial charge in [0.05, 0.1) is 23.1 Å². The summed E-state index contributed by atoms with van der Waals surface area (Å²) >= 11 is 1.20. The summed E-state index contributed by atoms with van der Waals surface area (Å²) in [5, 5.41) is 3.95. The van der Waals surface area contributed by atoms with Crippen molar-refractivity contribution in [2.75, 3.05) is 13.1 Å². The number of aromatic nitrogens is 4. The number of aryl methyl sites for hydroxylation is 3. The van der Waals surface area contributed by atoms with E-state index in [0.29, 0.717) is 10.8 Å². The molecule has 1 aliphatic rings. The summed E-state index contributed by atoms with van der Waals surface area (Å²) in [6.07, 6.45) is 3.98. The lowest BCUT2D eigenvalue weighted by Crippen LogP contribution is -2.39. The van der Waals surface area contributed by atoms with Crippen LogP contribution in [-0.2, 0) is 6.54 Å². The summed E-state index contributed by atoms with van der Waals surface area (Å²) in [4.78, 5) is 19.8. The van der Waals surface area contributed by atoms with Crippen molar-refractivity contribution in [2.45, 2.75) is 40.2 Å². The lowest BCUT2D eigenvalue weighted by Gasteiger charge is -2.32. The highest BCUT2D eigenvalue weighted by atomic mass is 32.1. The molecule has 0 spiro atoms. The Hall–Kier alpha value is -2.28. The molecule has 4 rings (SSSR count). The number of fused-ring (bicyclic) bond motifs is 1. The average Bonchev–Trinajstić information content (AvgIpc) is 3.22. The fourth-order valence-electron chi connectivity index (χ4n) is 3.63. The number of rotatable bonds is 3. The van der Waals surface area contributed by atoms with Crippen LogP contribution in [0.1, 0.15) is 39.3 Å². The molecular formula is C19H23N5OS. The van der Waals surface area contributed by atoms with Gasteiger partial charge in [-0.25, -0.2) is 4.98 Å². The molecule has 136 valence electrons. The van der Waals surface area contributed by atoms with E-state index in [4.69, 9.17) is 0 Å². The van der Waals surface area contributed by atoms with Crippen LogP contribution in [0.4, 0.5) is 0 Å². The smallest absolute Gasteiger partial charge is 0.267 e. The predicted molar refractivity (Wildman–Crippen MR) is 102 cm³/mol. The zero-order valence-corrected chi connectivity index (χ0v) is 16.2. The van der Waals surface area contributed by atoms with Crippen LogP contribution in [-0.4, -0.2) is 43.0 Å². The Morgan fingerprint density at radius 2 is 1.92 bits per heavy atom. The summed E-state index contributed by atoms with van der Waals surface area (Å²) in [6, 6.07) is 4.39. The minimum absolute atomic E-state index is 0.0788. The van der Waals surface area contributed by atoms with Gasteiger partial charge in [0, 0.05) is 19.6 Å². The summed E-state index contributed by atoms with van der Waals surface area (Å²) in [5.74, 6) is 0.647. The highest BCUT2D eigenvalue weighted by molar-refractivity contribution is 7.07. The molecule has 2 aromatic heterocycles. The molecule has 0 atom stereocenters. The van der Waals surface area contributed by atoms with Gasteiger partial charge in [-0.3, -0.25) is 4.79 Å². The van der Waals surface area contributed by atoms with Crippen LogP contribution >= 0.6 is 11.5 Å². The molecule has 3 heterocycles. The SMILES string of the molecule is Cc1cc2ncn(CC3CCN(C(=O)c4snnc4C)CC3)c2cc1C. The Kier molecular flexibility index (Phi) is 4.48. The third-order valence-electron chi connectivity index (χ3n) is 5.44. The van der Waals surface area contributed by atoms with Crippen molar-refractivity contribution < 1.29 is 4.79 Å². The van der Waals surface area contributed by atoms with Crippen LogP contribution in [0.3, 0.4) is 0 Å². The van der Waals surface area contributed by atoms with Crippen molar-refractivity contribution in [3.8, 4) is 0 Å². The molecule has 1 amide bonds. The number of hydrogen-bond donors (Lipinski definition) is 0. The van der Waals surface area contributed by atoms with Gasteiger partial charge in [-0.2, -0.15) is 0 Å². The van der Waals surface area contributed by atoms with E-state index >= 15 is 0 Å². The maximum absolute atomic E-state index is 12.6. The van der Waals surface area contributed by atoms with Crippen LogP contribution in [0.15, 0.2) is 18.5 Å². The Balaban J connectivity index is 1.42. The Morgan fingerprint density at radius 1 is 1.19 bits per heavy atom. The number of likely N-dealkylation sites (tertiary alicyclic amines) is 1. The molecule has 0 unspecified atom stereocenters. The predicted octanol–water partition coefficient (Wildman–Crippen LogP) is 3.37. The van der Waals surface area contributed by atoms with Crippen molar-refractivity contribution in [3.05, 3.63) is 40.2 Å². The van der Waals surface area contributed by atoms with Crippen molar-refractivity contribution >= 4 is 28.5 Å². The second kappa shape index (κ2) is 6.79. The molecule has 1 aliphatic heterocycles. The molecule has 1 aromatic carbocycles. The molecule has 26 heavy (non-hydrogen) atoms. The molecule has 0 aliphatic carbocycles. The molecule has 3 aromatic rings. The molecule has 0 bridgehead atoms. The molecule has 1 fully saturated rings. The van der Waals surface area contributed by atoms with Gasteiger partial charge in [-0.05, 0) is 74.3 Å². The lowest BCUT2D eigenvalue weighted by atomic mass is 9.96. The summed E-state index contributed by atoms with van der Waals surface area (Å²) in [6.45, 7) is 8.67. The zero-order valence-electron chi connectivity index (χ0n) is 15.4. The first-order chi connectivity index (χ1) is 12.5. The standard InChI is InChI=1S/C19H23N5OS/c1-12-8-16-17(9-13(12)2)24(11-20-16)10-15-4-6-23(7-5-15)19(25)18-14(3)21-22-26-18/h8-9,11,15H,4-7,10H2,1-3H3. The topological polar surface area (TPSA) is 63.9 Å². The van der Waals surface area contributed by atoms with Gasteiger partial charge in [-0.1, -0.05) is 4.49 Å². The van der Waals surface area contributed by atoms with Crippen molar-refractivity contribution in [2.24, 2.45) is 5.92 Å². The number of piperidine rings is 1. The number of imidazole rings is 1. The van der Waals surface area contributed by atoms with Gasteiger partial charge in [0.2, 0.25) is 0 Å². The van der Waals surface area contributed by atoms with E-state index in [1.165, 1.54) is 28.2 Å². The summed E-state index contributed by atoms with van der Waals surface area (Å²) in [5.41, 5.74) is 5.58. The first-order valence-electron chi connectivity index (χ1n) is 9.03. The largest absolute Gasteiger partial charge is 0.338 e. The second-order valence-corrected chi connectivity index (χ2v) is 8.00. The van der Waals surface area contributed by atoms with Gasteiger partial charge in [0.1, 0.15) is 4.88 Å². The van der Waals surface area contributed by atoms with Crippen LogP contribution in [0.25, 0.3) is 11.0 Å². The van der Waals surface area contributed by atoms with Gasteiger partial charge >= 0.3 is 0 Å². The third-order valence-corrected chi connectivity index (χ3v) is 6.25. The highest BCUT2D eigenvalue weighted by Crippen LogP contribution is 2.25. The van der Waals surface area contributed by atoms with E-state index in [1.54, 1.807) is 0 Å². The molecule has 0 N–H and O–H groups in total. The van der Waals surface area contributed by atoms with E-state index in [2.05, 4.69) is 45.1 Å². The van der Waals surface area contributed by atoms with E-state index in [-0.39, 0.29) is 5.91 Å². The lowest BCUT2D eigenvalue weighted by molar-refractivity contribution is 0.0687. The number of nitrogens with zero attached hydrogens (tertiary/aromatic N) is 5. The van der Waals surface area contributed by atoms with Crippen molar-refractivity contribution in [1.82, 2.24) is 24.0 Å². The molecule has 0 radical (unpaired) electrons. The average molecular weight is 369 g/mol. The second-order valence-electron chi connectivity index (χ2n) is 7.25. The van der Waals surface area contributed by atoms with Gasteiger partial charge in [0.25, 0.3) is 5.91 Å². The van der Waals surface area contributed by atoms with E-state index < -0.39 is 0 Å². The number of amides is 1. The fraction of sp³-hybridized carbons (Fsp3) is 0.474. The maximum atomic E-state index is 12.6. The van der Waals surface area contributed by atoms with Crippen LogP contribution in [0.2, 0.25) is 0 Å². The van der Waals surface area contributed by atoms with Crippen LogP contribution in [0, 0.1) is 26.7 Å². The van der Waals surface area contributed by atoms with E-state index in [0.717, 1.165) is 43.7 Å². The molecule has 1 saturated heterocycles. The molecule has 7 heteroatoms. The van der Waals surface area contributed by atoms with Gasteiger partial charge in [-0.15, -0.1) is 5.10 Å². The van der Waals surface area contributed by atoms with Crippen molar-refractivity contribution in [3.63, 3.8) is 0 Å². The summed E-state index contributed by atoms with van der Waals surface area (Å²) in [7, 11) is 0. The first-order valence-corrected chi connectivity index (χ1v) is 9.80. The Morgan fingerprint density at radius 3 is 2.62 bits per heavy atom. The Bertz CT molecular complexity index is 952. The van der Waals surface area contributed by atoms with Gasteiger partial charge < -0.3 is 9.47 Å².